The quantitative estimate of drug-likeness (QED) is 0.786. The van der Waals surface area contributed by atoms with Gasteiger partial charge in [0, 0.05) is 18.4 Å². The summed E-state index contributed by atoms with van der Waals surface area (Å²) in [6, 6.07) is 5.74. The SMILES string of the molecule is O=C1CCc2cc(O[C@@H]3CCCCO3)ccc21. The van der Waals surface area contributed by atoms with Crippen molar-refractivity contribution in [2.24, 2.45) is 0 Å². The van der Waals surface area contributed by atoms with Crippen LogP contribution in [0.5, 0.6) is 5.75 Å². The van der Waals surface area contributed by atoms with Gasteiger partial charge in [-0.3, -0.25) is 4.79 Å². The maximum Gasteiger partial charge on any atom is 0.199 e. The van der Waals surface area contributed by atoms with E-state index < -0.39 is 0 Å². The molecule has 3 nitrogen and oxygen atoms in total. The van der Waals surface area contributed by atoms with Crippen LogP contribution in [0.15, 0.2) is 18.2 Å². The number of hydrogen-bond donors (Lipinski definition) is 0. The minimum Gasteiger partial charge on any atom is -0.465 e. The van der Waals surface area contributed by atoms with E-state index in [0.29, 0.717) is 6.42 Å². The van der Waals surface area contributed by atoms with Crippen LogP contribution in [0.4, 0.5) is 0 Å². The van der Waals surface area contributed by atoms with Crippen LogP contribution in [0.1, 0.15) is 41.6 Å². The van der Waals surface area contributed by atoms with Crippen LogP contribution in [0.25, 0.3) is 0 Å². The van der Waals surface area contributed by atoms with E-state index in [4.69, 9.17) is 9.47 Å². The standard InChI is InChI=1S/C14H16O3/c15-13-7-4-10-9-11(5-6-12(10)13)17-14-3-1-2-8-16-14/h5-6,9,14H,1-4,7-8H2/t14-/m1/s1. The molecule has 1 saturated heterocycles. The lowest BCUT2D eigenvalue weighted by molar-refractivity contribution is -0.105. The van der Waals surface area contributed by atoms with E-state index >= 15 is 0 Å². The van der Waals surface area contributed by atoms with E-state index in [-0.39, 0.29) is 12.1 Å². The normalized spacial score (nSPS) is 23.5. The van der Waals surface area contributed by atoms with Gasteiger partial charge in [0.1, 0.15) is 5.75 Å². The van der Waals surface area contributed by atoms with Crippen LogP contribution in [0.2, 0.25) is 0 Å². The predicted molar refractivity (Wildman–Crippen MR) is 63.3 cm³/mol. The average Bonchev–Trinajstić information content (AvgIpc) is 2.72. The number of Topliss-reactive ketones (excluding diaryl/α,β-unsaturated/α-hetero) is 1. The van der Waals surface area contributed by atoms with Gasteiger partial charge in [-0.1, -0.05) is 0 Å². The summed E-state index contributed by atoms with van der Waals surface area (Å²) in [5, 5.41) is 0. The Bertz CT molecular complexity index is 433. The van der Waals surface area contributed by atoms with Crippen molar-refractivity contribution in [3.8, 4) is 5.75 Å². The van der Waals surface area contributed by atoms with Crippen LogP contribution in [0.3, 0.4) is 0 Å². The Balaban J connectivity index is 1.73. The Labute approximate surface area is 101 Å². The first-order chi connectivity index (χ1) is 8.33. The zero-order valence-corrected chi connectivity index (χ0v) is 9.78. The van der Waals surface area contributed by atoms with E-state index in [0.717, 1.165) is 49.2 Å². The van der Waals surface area contributed by atoms with Crippen LogP contribution in [-0.2, 0) is 11.2 Å². The zero-order chi connectivity index (χ0) is 11.7. The Hall–Kier alpha value is -1.35. The summed E-state index contributed by atoms with van der Waals surface area (Å²) in [6.45, 7) is 0.786. The molecular formula is C14H16O3. The molecule has 0 saturated carbocycles. The highest BCUT2D eigenvalue weighted by atomic mass is 16.7. The number of carbonyl (C=O) groups excluding carboxylic acids is 1. The first-order valence-corrected chi connectivity index (χ1v) is 6.27. The van der Waals surface area contributed by atoms with Crippen molar-refractivity contribution in [3.05, 3.63) is 29.3 Å². The maximum atomic E-state index is 11.5. The van der Waals surface area contributed by atoms with E-state index in [9.17, 15) is 4.79 Å². The van der Waals surface area contributed by atoms with Gasteiger partial charge in [0.25, 0.3) is 0 Å². The third-order valence-electron chi connectivity index (χ3n) is 3.40. The third kappa shape index (κ3) is 2.20. The largest absolute Gasteiger partial charge is 0.465 e. The Morgan fingerprint density at radius 1 is 1.24 bits per heavy atom. The molecule has 0 aromatic heterocycles. The minimum atomic E-state index is -0.112. The topological polar surface area (TPSA) is 35.5 Å². The highest BCUT2D eigenvalue weighted by Gasteiger charge is 2.21. The molecule has 0 unspecified atom stereocenters. The number of rotatable bonds is 2. The predicted octanol–water partition coefficient (Wildman–Crippen LogP) is 2.72. The fraction of sp³-hybridized carbons (Fsp3) is 0.500. The highest BCUT2D eigenvalue weighted by Crippen LogP contribution is 2.27. The molecule has 1 atom stereocenters. The molecule has 1 fully saturated rings. The molecule has 17 heavy (non-hydrogen) atoms. The summed E-state index contributed by atoms with van der Waals surface area (Å²) in [5.74, 6) is 1.07. The second kappa shape index (κ2) is 4.49. The number of benzene rings is 1. The number of ketones is 1. The van der Waals surface area contributed by atoms with Gasteiger partial charge in [0.05, 0.1) is 6.61 Å². The highest BCUT2D eigenvalue weighted by molar-refractivity contribution is 6.00. The summed E-state index contributed by atoms with van der Waals surface area (Å²) in [7, 11) is 0. The number of aryl methyl sites for hydroxylation is 1. The van der Waals surface area contributed by atoms with E-state index in [1.54, 1.807) is 0 Å². The summed E-state index contributed by atoms with van der Waals surface area (Å²) in [4.78, 5) is 11.5. The summed E-state index contributed by atoms with van der Waals surface area (Å²) in [6.07, 6.45) is 4.61. The van der Waals surface area contributed by atoms with E-state index in [1.165, 1.54) is 0 Å². The molecule has 2 aliphatic rings. The molecule has 1 aliphatic carbocycles. The summed E-state index contributed by atoms with van der Waals surface area (Å²) >= 11 is 0. The fourth-order valence-corrected chi connectivity index (χ4v) is 2.46. The monoisotopic (exact) mass is 232 g/mol. The van der Waals surface area contributed by atoms with Crippen molar-refractivity contribution in [2.75, 3.05) is 6.61 Å². The van der Waals surface area contributed by atoms with Crippen molar-refractivity contribution in [3.63, 3.8) is 0 Å². The lowest BCUT2D eigenvalue weighted by Crippen LogP contribution is -2.25. The van der Waals surface area contributed by atoms with Gasteiger partial charge in [-0.15, -0.1) is 0 Å². The van der Waals surface area contributed by atoms with Crippen LogP contribution in [0, 0.1) is 0 Å². The number of ether oxygens (including phenoxy) is 2. The molecule has 3 rings (SSSR count). The number of carbonyl (C=O) groups is 1. The van der Waals surface area contributed by atoms with Crippen LogP contribution >= 0.6 is 0 Å². The average molecular weight is 232 g/mol. The summed E-state index contributed by atoms with van der Waals surface area (Å²) < 4.78 is 11.3. The molecule has 1 aromatic rings. The molecule has 0 amide bonds. The molecular weight excluding hydrogens is 216 g/mol. The van der Waals surface area contributed by atoms with Crippen molar-refractivity contribution in [2.45, 2.75) is 38.4 Å². The molecule has 0 radical (unpaired) electrons. The van der Waals surface area contributed by atoms with Gasteiger partial charge in [0.15, 0.2) is 12.1 Å². The van der Waals surface area contributed by atoms with Gasteiger partial charge >= 0.3 is 0 Å². The Morgan fingerprint density at radius 3 is 3.00 bits per heavy atom. The molecule has 0 N–H and O–H groups in total. The lowest BCUT2D eigenvalue weighted by atomic mass is 10.1. The molecule has 0 bridgehead atoms. The van der Waals surface area contributed by atoms with E-state index in [2.05, 4.69) is 0 Å². The Kier molecular flexibility index (Phi) is 2.85. The van der Waals surface area contributed by atoms with Crippen LogP contribution in [-0.4, -0.2) is 18.7 Å². The molecule has 3 heteroatoms. The van der Waals surface area contributed by atoms with Crippen LogP contribution < -0.4 is 4.74 Å². The first kappa shape index (κ1) is 10.8. The number of hydrogen-bond acceptors (Lipinski definition) is 3. The molecule has 1 aromatic carbocycles. The zero-order valence-electron chi connectivity index (χ0n) is 9.78. The van der Waals surface area contributed by atoms with E-state index in [1.807, 2.05) is 18.2 Å². The van der Waals surface area contributed by atoms with Gasteiger partial charge < -0.3 is 9.47 Å². The third-order valence-corrected chi connectivity index (χ3v) is 3.40. The van der Waals surface area contributed by atoms with Gasteiger partial charge in [-0.25, -0.2) is 0 Å². The van der Waals surface area contributed by atoms with Crippen molar-refractivity contribution in [1.82, 2.24) is 0 Å². The van der Waals surface area contributed by atoms with Crippen molar-refractivity contribution >= 4 is 5.78 Å². The minimum absolute atomic E-state index is 0.112. The van der Waals surface area contributed by atoms with Gasteiger partial charge in [-0.2, -0.15) is 0 Å². The maximum absolute atomic E-state index is 11.5. The molecule has 0 spiro atoms. The summed E-state index contributed by atoms with van der Waals surface area (Å²) in [5.41, 5.74) is 1.98. The van der Waals surface area contributed by atoms with Gasteiger partial charge in [0.2, 0.25) is 0 Å². The van der Waals surface area contributed by atoms with Gasteiger partial charge in [-0.05, 0) is 43.0 Å². The molecule has 1 aliphatic heterocycles. The smallest absolute Gasteiger partial charge is 0.199 e. The molecule has 90 valence electrons. The Morgan fingerprint density at radius 2 is 2.18 bits per heavy atom. The van der Waals surface area contributed by atoms with Crippen molar-refractivity contribution in [1.29, 1.82) is 0 Å². The second-order valence-corrected chi connectivity index (χ2v) is 4.66. The number of fused-ring (bicyclic) bond motifs is 1. The fourth-order valence-electron chi connectivity index (χ4n) is 2.46. The first-order valence-electron chi connectivity index (χ1n) is 6.27. The lowest BCUT2D eigenvalue weighted by Gasteiger charge is -2.23. The van der Waals surface area contributed by atoms with Crippen molar-refractivity contribution < 1.29 is 14.3 Å². The second-order valence-electron chi connectivity index (χ2n) is 4.66. The molecule has 1 heterocycles.